The van der Waals surface area contributed by atoms with Gasteiger partial charge in [0, 0.05) is 0 Å². The van der Waals surface area contributed by atoms with Crippen LogP contribution in [-0.4, -0.2) is 35.2 Å². The molecule has 0 atom stereocenters. The lowest BCUT2D eigenvalue weighted by Crippen LogP contribution is -2.19. The monoisotopic (exact) mass is 297 g/mol. The second kappa shape index (κ2) is 6.77. The van der Waals surface area contributed by atoms with Crippen molar-refractivity contribution in [2.75, 3.05) is 13.1 Å². The molecule has 0 saturated heterocycles. The van der Waals surface area contributed by atoms with E-state index in [1.807, 2.05) is 0 Å². The summed E-state index contributed by atoms with van der Waals surface area (Å²) >= 11 is 0. The van der Waals surface area contributed by atoms with E-state index in [4.69, 9.17) is 10.2 Å². The third-order valence-corrected chi connectivity index (χ3v) is 5.13. The van der Waals surface area contributed by atoms with Crippen LogP contribution in [0.3, 0.4) is 0 Å². The van der Waals surface area contributed by atoms with Gasteiger partial charge in [0.2, 0.25) is 0 Å². The van der Waals surface area contributed by atoms with Crippen LogP contribution in [0.25, 0.3) is 0 Å². The molecule has 0 aromatic carbocycles. The molecule has 5 nitrogen and oxygen atoms in total. The van der Waals surface area contributed by atoms with Crippen molar-refractivity contribution in [2.45, 2.75) is 64.2 Å². The van der Waals surface area contributed by atoms with Crippen LogP contribution in [0.15, 0.2) is 0 Å². The van der Waals surface area contributed by atoms with E-state index >= 15 is 0 Å². The fraction of sp³-hybridized carbons (Fsp3) is 0.875. The zero-order chi connectivity index (χ0) is 15.3. The lowest BCUT2D eigenvalue weighted by molar-refractivity contribution is -0.144. The maximum absolute atomic E-state index is 11.0. The van der Waals surface area contributed by atoms with Gasteiger partial charge in [-0.05, 0) is 64.5 Å². The Morgan fingerprint density at radius 3 is 1.43 bits per heavy atom. The van der Waals surface area contributed by atoms with E-state index in [1.165, 1.54) is 0 Å². The Hall–Kier alpha value is -1.10. The Kier molecular flexibility index (Phi) is 5.25. The molecule has 2 rings (SSSR count). The van der Waals surface area contributed by atoms with E-state index in [0.717, 1.165) is 77.3 Å². The first-order valence-electron chi connectivity index (χ1n) is 8.18. The number of nitrogens with one attached hydrogen (secondary N) is 1. The highest BCUT2D eigenvalue weighted by atomic mass is 16.4. The first kappa shape index (κ1) is 16.3. The molecule has 0 aromatic rings. The zero-order valence-corrected chi connectivity index (χ0v) is 12.7. The lowest BCUT2D eigenvalue weighted by Gasteiger charge is -2.10. The van der Waals surface area contributed by atoms with Crippen molar-refractivity contribution in [1.29, 1.82) is 0 Å². The van der Waals surface area contributed by atoms with Gasteiger partial charge in [-0.2, -0.15) is 0 Å². The highest BCUT2D eigenvalue weighted by Gasteiger charge is 2.49. The average molecular weight is 297 g/mol. The van der Waals surface area contributed by atoms with Crippen LogP contribution in [0.5, 0.6) is 0 Å². The van der Waals surface area contributed by atoms with Gasteiger partial charge < -0.3 is 15.5 Å². The van der Waals surface area contributed by atoms with Crippen molar-refractivity contribution >= 4 is 11.9 Å². The number of hydrogen-bond donors (Lipinski definition) is 3. The molecular formula is C16H27NO4. The topological polar surface area (TPSA) is 86.6 Å². The highest BCUT2D eigenvalue weighted by Crippen LogP contribution is 2.50. The molecule has 5 heteroatoms. The zero-order valence-electron chi connectivity index (χ0n) is 12.7. The predicted octanol–water partition coefficient (Wildman–Crippen LogP) is 2.65. The Bertz CT molecular complexity index is 350. The minimum atomic E-state index is -0.622. The summed E-state index contributed by atoms with van der Waals surface area (Å²) in [4.78, 5) is 22.0. The molecule has 0 heterocycles. The molecule has 0 spiro atoms. The highest BCUT2D eigenvalue weighted by molar-refractivity contribution is 5.78. The van der Waals surface area contributed by atoms with E-state index in [0.29, 0.717) is 0 Å². The molecule has 2 aliphatic carbocycles. The van der Waals surface area contributed by atoms with Crippen LogP contribution in [0.2, 0.25) is 0 Å². The number of hydrogen-bond acceptors (Lipinski definition) is 3. The van der Waals surface area contributed by atoms with E-state index < -0.39 is 11.9 Å². The lowest BCUT2D eigenvalue weighted by atomic mass is 9.99. The first-order chi connectivity index (χ1) is 10.0. The van der Waals surface area contributed by atoms with Crippen molar-refractivity contribution in [1.82, 2.24) is 5.32 Å². The Labute approximate surface area is 126 Å². The molecular weight excluding hydrogens is 270 g/mol. The maximum atomic E-state index is 11.0. The van der Waals surface area contributed by atoms with Crippen LogP contribution in [0.1, 0.15) is 64.2 Å². The van der Waals surface area contributed by atoms with Crippen molar-refractivity contribution in [3.05, 3.63) is 0 Å². The Balaban J connectivity index is 1.39. The van der Waals surface area contributed by atoms with E-state index in [2.05, 4.69) is 5.32 Å². The standard InChI is InChI=1S/C16H27NO4/c18-13(19)15(7-8-15)5-1-3-11-17-12-4-2-6-16(9-10-16)14(20)21/h17H,1-12H2,(H,18,19)(H,20,21). The summed E-state index contributed by atoms with van der Waals surface area (Å²) in [5, 5.41) is 21.5. The van der Waals surface area contributed by atoms with Gasteiger partial charge in [0.25, 0.3) is 0 Å². The van der Waals surface area contributed by atoms with Gasteiger partial charge in [0.1, 0.15) is 0 Å². The molecule has 2 fully saturated rings. The molecule has 0 aliphatic heterocycles. The molecule has 0 radical (unpaired) electrons. The number of carboxylic acid groups (broad SMARTS) is 2. The third-order valence-electron chi connectivity index (χ3n) is 5.13. The normalized spacial score (nSPS) is 21.0. The molecule has 21 heavy (non-hydrogen) atoms. The van der Waals surface area contributed by atoms with Crippen LogP contribution in [0, 0.1) is 10.8 Å². The molecule has 2 aliphatic rings. The number of rotatable bonds is 12. The van der Waals surface area contributed by atoms with E-state index in [1.54, 1.807) is 0 Å². The second-order valence-corrected chi connectivity index (χ2v) is 6.84. The summed E-state index contributed by atoms with van der Waals surface area (Å²) < 4.78 is 0. The maximum Gasteiger partial charge on any atom is 0.309 e. The molecule has 2 saturated carbocycles. The van der Waals surface area contributed by atoms with Gasteiger partial charge in [-0.1, -0.05) is 12.8 Å². The summed E-state index contributed by atoms with van der Waals surface area (Å²) in [7, 11) is 0. The van der Waals surface area contributed by atoms with Crippen LogP contribution in [0.4, 0.5) is 0 Å². The average Bonchev–Trinajstić information content (AvgIpc) is 3.32. The van der Waals surface area contributed by atoms with Crippen LogP contribution in [-0.2, 0) is 9.59 Å². The largest absolute Gasteiger partial charge is 0.481 e. The van der Waals surface area contributed by atoms with Gasteiger partial charge in [-0.3, -0.25) is 9.59 Å². The molecule has 0 unspecified atom stereocenters. The number of carbonyl (C=O) groups is 2. The van der Waals surface area contributed by atoms with Crippen molar-refractivity contribution in [3.63, 3.8) is 0 Å². The van der Waals surface area contributed by atoms with Gasteiger partial charge in [-0.25, -0.2) is 0 Å². The van der Waals surface area contributed by atoms with Gasteiger partial charge >= 0.3 is 11.9 Å². The summed E-state index contributed by atoms with van der Waals surface area (Å²) in [5.74, 6) is -1.24. The summed E-state index contributed by atoms with van der Waals surface area (Å²) in [6, 6.07) is 0. The van der Waals surface area contributed by atoms with E-state index in [9.17, 15) is 9.59 Å². The van der Waals surface area contributed by atoms with Crippen molar-refractivity contribution < 1.29 is 19.8 Å². The van der Waals surface area contributed by atoms with Crippen molar-refractivity contribution in [2.24, 2.45) is 10.8 Å². The third kappa shape index (κ3) is 4.43. The smallest absolute Gasteiger partial charge is 0.309 e. The van der Waals surface area contributed by atoms with Gasteiger partial charge in [0.05, 0.1) is 10.8 Å². The van der Waals surface area contributed by atoms with Crippen LogP contribution < -0.4 is 5.32 Å². The fourth-order valence-corrected chi connectivity index (χ4v) is 3.00. The van der Waals surface area contributed by atoms with Gasteiger partial charge in [0.15, 0.2) is 0 Å². The quantitative estimate of drug-likeness (QED) is 0.482. The molecule has 0 aromatic heterocycles. The van der Waals surface area contributed by atoms with E-state index in [-0.39, 0.29) is 10.8 Å². The SMILES string of the molecule is O=C(O)C1(CCCCNCCCCC2(C(=O)O)CC2)CC1. The Morgan fingerprint density at radius 1 is 0.762 bits per heavy atom. The summed E-state index contributed by atoms with van der Waals surface area (Å²) in [6.45, 7) is 1.86. The number of carboxylic acids is 2. The molecule has 0 bridgehead atoms. The predicted molar refractivity (Wildman–Crippen MR) is 79.2 cm³/mol. The van der Waals surface area contributed by atoms with Crippen molar-refractivity contribution in [3.8, 4) is 0 Å². The minimum Gasteiger partial charge on any atom is -0.481 e. The summed E-state index contributed by atoms with van der Waals surface area (Å²) in [5.41, 5.74) is -0.759. The Morgan fingerprint density at radius 2 is 1.14 bits per heavy atom. The molecule has 0 amide bonds. The summed E-state index contributed by atoms with van der Waals surface area (Å²) in [6.07, 6.45) is 9.01. The molecule has 3 N–H and O–H groups in total. The van der Waals surface area contributed by atoms with Gasteiger partial charge in [-0.15, -0.1) is 0 Å². The fourth-order valence-electron chi connectivity index (χ4n) is 3.00. The minimum absolute atomic E-state index is 0.380. The first-order valence-corrected chi connectivity index (χ1v) is 8.18. The number of unbranched alkanes of at least 4 members (excludes halogenated alkanes) is 2. The second-order valence-electron chi connectivity index (χ2n) is 6.84. The number of aliphatic carboxylic acids is 2. The molecule has 120 valence electrons. The van der Waals surface area contributed by atoms with Crippen LogP contribution >= 0.6 is 0 Å².